The van der Waals surface area contributed by atoms with Crippen molar-refractivity contribution >= 4 is 107 Å². The van der Waals surface area contributed by atoms with Gasteiger partial charge in [-0.15, -0.1) is 0 Å². The first-order chi connectivity index (χ1) is 39.2. The molecular formula is C71H50N6Si2. The van der Waals surface area contributed by atoms with Gasteiger partial charge in [0.25, 0.3) is 0 Å². The highest BCUT2D eigenvalue weighted by atomic mass is 28.3. The molecule has 0 radical (unpaired) electrons. The van der Waals surface area contributed by atoms with Gasteiger partial charge in [-0.05, 0) is 77.9 Å². The minimum absolute atomic E-state index is 0.621. The first-order valence-corrected chi connectivity index (χ1v) is 30.9. The Morgan fingerprint density at radius 1 is 0.253 bits per heavy atom. The van der Waals surface area contributed by atoms with Crippen molar-refractivity contribution < 1.29 is 0 Å². The summed E-state index contributed by atoms with van der Waals surface area (Å²) in [6, 6.07) is 111. The molecular weight excluding hydrogens is 993 g/mol. The maximum absolute atomic E-state index is 5.62. The molecule has 0 N–H and O–H groups in total. The Labute approximate surface area is 459 Å². The van der Waals surface area contributed by atoms with E-state index < -0.39 is 16.1 Å². The fourth-order valence-corrected chi connectivity index (χ4v) is 22.4. The van der Waals surface area contributed by atoms with Crippen molar-refractivity contribution in [3.63, 3.8) is 0 Å². The number of rotatable bonds is 11. The van der Waals surface area contributed by atoms with E-state index in [1.54, 1.807) is 0 Å². The van der Waals surface area contributed by atoms with Crippen LogP contribution in [0, 0.1) is 0 Å². The molecule has 0 saturated heterocycles. The van der Waals surface area contributed by atoms with E-state index in [1.165, 1.54) is 41.5 Å². The number of para-hydroxylation sites is 4. The number of hydrogen-bond donors (Lipinski definition) is 0. The molecule has 4 aromatic heterocycles. The van der Waals surface area contributed by atoms with Crippen LogP contribution in [0.2, 0.25) is 0 Å². The molecule has 0 bridgehead atoms. The van der Waals surface area contributed by atoms with Crippen LogP contribution in [0.1, 0.15) is 0 Å². The van der Waals surface area contributed by atoms with Gasteiger partial charge in [0.05, 0.1) is 33.1 Å². The van der Waals surface area contributed by atoms with E-state index in [9.17, 15) is 0 Å². The molecule has 0 fully saturated rings. The monoisotopic (exact) mass is 1040 g/mol. The summed E-state index contributed by atoms with van der Waals surface area (Å²) in [7, 11) is -5.97. The first kappa shape index (κ1) is 46.3. The quantitative estimate of drug-likeness (QED) is 0.0958. The fourth-order valence-electron chi connectivity index (χ4n) is 12.8. The van der Waals surface area contributed by atoms with Gasteiger partial charge in [-0.1, -0.05) is 261 Å². The Bertz CT molecular complexity index is 4320. The summed E-state index contributed by atoms with van der Waals surface area (Å²) in [6.45, 7) is 0. The summed E-state index contributed by atoms with van der Waals surface area (Å²) < 4.78 is 6.84. The van der Waals surface area contributed by atoms with Gasteiger partial charge in [0.2, 0.25) is 5.78 Å². The minimum Gasteiger partial charge on any atom is -0.294 e. The Morgan fingerprint density at radius 2 is 0.608 bits per heavy atom. The van der Waals surface area contributed by atoms with E-state index in [4.69, 9.17) is 15.0 Å². The molecule has 0 aliphatic carbocycles. The summed E-state index contributed by atoms with van der Waals surface area (Å²) in [5, 5.41) is 12.8. The summed E-state index contributed by atoms with van der Waals surface area (Å²) >= 11 is 0. The van der Waals surface area contributed by atoms with Gasteiger partial charge in [0.1, 0.15) is 11.6 Å². The van der Waals surface area contributed by atoms with Crippen LogP contribution in [0.5, 0.6) is 0 Å². The third kappa shape index (κ3) is 7.26. The van der Waals surface area contributed by atoms with E-state index >= 15 is 0 Å². The van der Waals surface area contributed by atoms with Gasteiger partial charge in [-0.25, -0.2) is 15.0 Å². The molecule has 15 aromatic rings. The Kier molecular flexibility index (Phi) is 11.1. The SMILES string of the molecule is c1ccc(-c2nc(-n3c4ccc([Si](c5ccccc5)(c5ccccc5)c5ccccc5)cc4c4cc([Si](c5ccccc5)(c5ccccc5)c5ccccc5)ccc43)cc(-n3c4ccccc4n4c5ccccc5nc34)n2)cc1. The molecule has 0 atom stereocenters. The van der Waals surface area contributed by atoms with Crippen molar-refractivity contribution in [3.8, 4) is 23.0 Å². The third-order valence-corrected chi connectivity index (χ3v) is 25.7. The predicted octanol–water partition coefficient (Wildman–Crippen LogP) is 10.7. The molecule has 6 nitrogen and oxygen atoms in total. The molecule has 79 heavy (non-hydrogen) atoms. The van der Waals surface area contributed by atoms with Crippen LogP contribution < -0.4 is 41.5 Å². The molecule has 0 spiro atoms. The zero-order chi connectivity index (χ0) is 52.3. The molecule has 11 aromatic carbocycles. The number of benzene rings is 11. The minimum atomic E-state index is -2.99. The number of nitrogens with zero attached hydrogens (tertiary/aromatic N) is 6. The number of hydrogen-bond acceptors (Lipinski definition) is 3. The van der Waals surface area contributed by atoms with Gasteiger partial charge in [0.15, 0.2) is 22.0 Å². The van der Waals surface area contributed by atoms with E-state index in [0.717, 1.165) is 66.8 Å². The smallest absolute Gasteiger partial charge is 0.221 e. The van der Waals surface area contributed by atoms with Crippen molar-refractivity contribution in [2.24, 2.45) is 0 Å². The predicted molar refractivity (Wildman–Crippen MR) is 332 cm³/mol. The fraction of sp³-hybridized carbons (Fsp3) is 0. The normalized spacial score (nSPS) is 12.1. The second-order valence-electron chi connectivity index (χ2n) is 20.3. The second kappa shape index (κ2) is 18.9. The van der Waals surface area contributed by atoms with Gasteiger partial charge in [0, 0.05) is 22.4 Å². The van der Waals surface area contributed by atoms with Crippen LogP contribution in [0.25, 0.3) is 72.7 Å². The lowest BCUT2D eigenvalue weighted by Crippen LogP contribution is -2.74. The van der Waals surface area contributed by atoms with Gasteiger partial charge in [-0.3, -0.25) is 13.5 Å². The van der Waals surface area contributed by atoms with Crippen molar-refractivity contribution in [1.29, 1.82) is 0 Å². The lowest BCUT2D eigenvalue weighted by molar-refractivity contribution is 0.980. The lowest BCUT2D eigenvalue weighted by Gasteiger charge is -2.34. The van der Waals surface area contributed by atoms with Gasteiger partial charge in [-0.2, -0.15) is 0 Å². The number of imidazole rings is 2. The van der Waals surface area contributed by atoms with Crippen LogP contribution in [-0.4, -0.2) is 44.6 Å². The summed E-state index contributed by atoms with van der Waals surface area (Å²) in [6.07, 6.45) is 0. The Balaban J connectivity index is 1.08. The zero-order valence-electron chi connectivity index (χ0n) is 43.1. The number of aromatic nitrogens is 6. The van der Waals surface area contributed by atoms with Crippen LogP contribution in [0.4, 0.5) is 0 Å². The Hall–Kier alpha value is -10.00. The summed E-state index contributed by atoms with van der Waals surface area (Å²) in [4.78, 5) is 16.4. The van der Waals surface area contributed by atoms with E-state index in [-0.39, 0.29) is 0 Å². The van der Waals surface area contributed by atoms with Crippen LogP contribution >= 0.6 is 0 Å². The van der Waals surface area contributed by atoms with Crippen LogP contribution in [0.3, 0.4) is 0 Å². The molecule has 0 aliphatic rings. The molecule has 0 amide bonds. The van der Waals surface area contributed by atoms with Crippen molar-refractivity contribution in [2.75, 3.05) is 0 Å². The summed E-state index contributed by atoms with van der Waals surface area (Å²) in [5.74, 6) is 2.89. The second-order valence-corrected chi connectivity index (χ2v) is 27.9. The molecule has 0 aliphatic heterocycles. The van der Waals surface area contributed by atoms with Crippen molar-refractivity contribution in [3.05, 3.63) is 303 Å². The van der Waals surface area contributed by atoms with Crippen molar-refractivity contribution in [2.45, 2.75) is 0 Å². The van der Waals surface area contributed by atoms with Crippen molar-refractivity contribution in [1.82, 2.24) is 28.5 Å². The van der Waals surface area contributed by atoms with E-state index in [1.807, 2.05) is 6.07 Å². The average molecular weight is 1040 g/mol. The van der Waals surface area contributed by atoms with Crippen LogP contribution in [-0.2, 0) is 0 Å². The maximum atomic E-state index is 5.62. The topological polar surface area (TPSA) is 52.9 Å². The average Bonchev–Trinajstić information content (AvgIpc) is 4.32. The largest absolute Gasteiger partial charge is 0.294 e. The number of fused-ring (bicyclic) bond motifs is 8. The lowest BCUT2D eigenvalue weighted by atomic mass is 10.1. The molecule has 0 saturated carbocycles. The molecule has 15 rings (SSSR count). The molecule has 0 unspecified atom stereocenters. The first-order valence-electron chi connectivity index (χ1n) is 26.9. The van der Waals surface area contributed by atoms with E-state index in [0.29, 0.717) is 5.82 Å². The molecule has 8 heteroatoms. The van der Waals surface area contributed by atoms with Gasteiger partial charge >= 0.3 is 0 Å². The molecule has 372 valence electrons. The standard InChI is InChI=1S/C71H50N6Si2/c1-8-26-51(27-9-1)70-73-68(50-69(74-70)77-67-43-25-24-42-66(67)76-65-41-23-22-40-62(65)72-71(76)77)75-63-46-44-58(78(52-28-10-2-11-29-52,53-30-12-3-13-31-53)54-32-14-4-15-33-54)48-60(63)61-49-59(45-47-64(61)75)79(55-34-16-5-17-35-55,56-36-18-6-19-37-56)57-38-20-7-21-39-57/h1-50H. The molecule has 4 heterocycles. The highest BCUT2D eigenvalue weighted by molar-refractivity contribution is 7.20. The van der Waals surface area contributed by atoms with Crippen LogP contribution in [0.15, 0.2) is 303 Å². The Morgan fingerprint density at radius 3 is 1.04 bits per heavy atom. The van der Waals surface area contributed by atoms with Gasteiger partial charge < -0.3 is 0 Å². The highest BCUT2D eigenvalue weighted by Gasteiger charge is 2.43. The highest BCUT2D eigenvalue weighted by Crippen LogP contribution is 2.35. The summed E-state index contributed by atoms with van der Waals surface area (Å²) in [5.41, 5.74) is 7.05. The maximum Gasteiger partial charge on any atom is 0.221 e. The third-order valence-electron chi connectivity index (χ3n) is 16.2. The van der Waals surface area contributed by atoms with E-state index in [2.05, 4.69) is 311 Å². The zero-order valence-corrected chi connectivity index (χ0v) is 45.1.